The quantitative estimate of drug-likeness (QED) is 0.0283. The molecule has 0 spiro atoms. The van der Waals surface area contributed by atoms with Gasteiger partial charge in [0.2, 0.25) is 0 Å². The number of fused-ring (bicyclic) bond motifs is 6. The van der Waals surface area contributed by atoms with Crippen molar-refractivity contribution in [2.24, 2.45) is 23.7 Å². The molecular formula is C89H118N22O8. The molecule has 15 N–H and O–H groups in total. The standard InChI is InChI=1S/C30H39N7O3.C30H41N7O2.C29H38N8O3/c1-30(9-3-10-30)18-5-6-21-22(14-18)35-24(34-21)7-4-17-12-19(13-17)36(2)15-23-25(38)26(39)29(40-23)37-11-8-20-27(31)32-16-33-28(20)37;1-30(2,3)19-6-7-22-23(14-19)35-25(34-22)8-5-17-11-20(12-17)36(4)15-18-13-24(27(39)26(18)38)37-10-9-21-28(31)32-16-33-29(21)37;1-29(8-3-9-29)17-5-6-19-20(12-17)35-22(34-19)7-4-16-10-18(11-16)36(2)13-21-24(38)25(39)28(40-21)37-15-33-23-26(30)31-14-32-27(23)37/h5-6,8,11,14,16-17,19,23,25-26,29,38-39H,3-4,7,9-10,12-13,15H2,1-2H3,(H,34,35)(H2,31,32,33);6-7,9-10,14,16-18,20,24,26-27,38-39H,5,8,11-13,15H2,1-4H3,(H,34,35)(H2,31,32,33);5-6,12,14-16,18,21,24-25,28,38-39H,3-4,7-11,13H2,1-2H3,(H,34,35)(H2,30,31,32)/t17?,19?,23-,25-,26-,29-;17?,18-,20?,24-,26-,27+;16?,18?,21-,24-,25-,28-/m111/s1. The number of likely N-dealkylation sites (N-methyl/N-ethyl adjacent to an activating group) is 2. The van der Waals surface area contributed by atoms with Crippen molar-refractivity contribution in [1.29, 1.82) is 0 Å². The molecule has 2 aliphatic heterocycles. The SMILES string of the molecule is CN(C[C@H]1C[C@@H](n2ccc3c(N)ncnc32)[C@H](O)[C@@H]1O)C1CC(CCc2nc3ccc(C(C)(C)C)cc3[nH]2)C1.CN(C[C@H]1O[C@@H](n2ccc3c(N)ncnc32)[C@H](O)[C@@H]1O)C1CC(CCc2nc3ccc(C4(C)CCC4)cc3[nH]2)C1.CN(C[C@H]1O[C@@H](n2cnc3c(N)ncnc32)[C@H](O)[C@@H]1O)C1CC(CCc2nc3ccc(C4(C)CCC4)cc3[nH]2)C1. The highest BCUT2D eigenvalue weighted by atomic mass is 16.6. The second-order valence-electron chi connectivity index (χ2n) is 37.9. The predicted molar refractivity (Wildman–Crippen MR) is 456 cm³/mol. The lowest BCUT2D eigenvalue weighted by Crippen LogP contribution is -2.47. The maximum absolute atomic E-state index is 10.9. The molecule has 0 bridgehead atoms. The summed E-state index contributed by atoms with van der Waals surface area (Å²) in [6, 6.07) is 24.9. The lowest BCUT2D eigenvalue weighted by atomic mass is 9.66. The molecule has 30 heteroatoms. The number of imidazole rings is 4. The average Bonchev–Trinajstić information content (AvgIpc) is 1.55. The Labute approximate surface area is 692 Å². The first-order valence-corrected chi connectivity index (χ1v) is 43.2. The zero-order chi connectivity index (χ0) is 82.7. The van der Waals surface area contributed by atoms with Crippen LogP contribution in [0.25, 0.3) is 66.3 Å². The van der Waals surface area contributed by atoms with E-state index in [-0.39, 0.29) is 23.2 Å². The fourth-order valence-corrected chi connectivity index (χ4v) is 20.3. The fourth-order valence-electron chi connectivity index (χ4n) is 20.3. The van der Waals surface area contributed by atoms with E-state index >= 15 is 0 Å². The van der Waals surface area contributed by atoms with Crippen LogP contribution in [0.5, 0.6) is 0 Å². The van der Waals surface area contributed by atoms with E-state index in [1.165, 1.54) is 80.5 Å². The molecule has 20 rings (SSSR count). The summed E-state index contributed by atoms with van der Waals surface area (Å²) in [6.07, 6.45) is 22.5. The molecule has 2 saturated heterocycles. The smallest absolute Gasteiger partial charge is 0.167 e. The summed E-state index contributed by atoms with van der Waals surface area (Å²) in [5, 5.41) is 66.4. The Hall–Kier alpha value is -9.18. The zero-order valence-corrected chi connectivity index (χ0v) is 69.7. The van der Waals surface area contributed by atoms with Gasteiger partial charge < -0.3 is 96.1 Å². The highest BCUT2D eigenvalue weighted by Gasteiger charge is 2.49. The normalized spacial score (nSPS) is 29.0. The number of aromatic nitrogens is 16. The fraction of sp³-hybridized carbons (Fsp3) is 0.573. The maximum atomic E-state index is 10.9. The monoisotopic (exact) mass is 1620 g/mol. The van der Waals surface area contributed by atoms with Gasteiger partial charge in [0.1, 0.15) is 108 Å². The van der Waals surface area contributed by atoms with Crippen molar-refractivity contribution in [3.8, 4) is 0 Å². The summed E-state index contributed by atoms with van der Waals surface area (Å²) in [6.45, 7) is 13.3. The van der Waals surface area contributed by atoms with Gasteiger partial charge >= 0.3 is 0 Å². The summed E-state index contributed by atoms with van der Waals surface area (Å²) in [5.41, 5.74) is 31.6. The van der Waals surface area contributed by atoms with Gasteiger partial charge in [-0.25, -0.2) is 49.8 Å². The van der Waals surface area contributed by atoms with Crippen LogP contribution < -0.4 is 17.2 Å². The van der Waals surface area contributed by atoms with E-state index in [4.69, 9.17) is 41.6 Å². The first-order valence-electron chi connectivity index (χ1n) is 43.2. The highest BCUT2D eigenvalue weighted by molar-refractivity contribution is 5.87. The number of aromatic amines is 3. The molecule has 119 heavy (non-hydrogen) atoms. The maximum Gasteiger partial charge on any atom is 0.167 e. The molecule has 0 unspecified atom stereocenters. The van der Waals surface area contributed by atoms with Crippen LogP contribution in [0.4, 0.5) is 17.5 Å². The van der Waals surface area contributed by atoms with Crippen molar-refractivity contribution in [1.82, 2.24) is 93.2 Å². The summed E-state index contributed by atoms with van der Waals surface area (Å²) < 4.78 is 17.6. The third-order valence-electron chi connectivity index (χ3n) is 28.9. The Bertz CT molecular complexity index is 5360. The van der Waals surface area contributed by atoms with Gasteiger partial charge in [0, 0.05) is 75.3 Å². The number of hydrogen-bond acceptors (Lipinski definition) is 24. The van der Waals surface area contributed by atoms with Crippen LogP contribution in [0.15, 0.2) is 104 Å². The molecule has 12 aromatic rings. The molecule has 8 aliphatic rings. The Morgan fingerprint density at radius 1 is 0.462 bits per heavy atom. The van der Waals surface area contributed by atoms with Crippen molar-refractivity contribution >= 4 is 83.8 Å². The molecule has 9 aromatic heterocycles. The van der Waals surface area contributed by atoms with Gasteiger partial charge in [-0.2, -0.15) is 0 Å². The van der Waals surface area contributed by atoms with Crippen LogP contribution in [0, 0.1) is 23.7 Å². The van der Waals surface area contributed by atoms with Crippen LogP contribution >= 0.6 is 0 Å². The lowest BCUT2D eigenvalue weighted by molar-refractivity contribution is -0.0514. The van der Waals surface area contributed by atoms with E-state index in [2.05, 4.69) is 175 Å². The topological polar surface area (TPSA) is 419 Å². The third-order valence-corrected chi connectivity index (χ3v) is 28.9. The van der Waals surface area contributed by atoms with E-state index < -0.39 is 61.3 Å². The number of nitrogen functional groups attached to an aromatic ring is 3. The average molecular weight is 1620 g/mol. The van der Waals surface area contributed by atoms with Crippen LogP contribution in [-0.4, -0.2) is 232 Å². The summed E-state index contributed by atoms with van der Waals surface area (Å²) >= 11 is 0. The summed E-state index contributed by atoms with van der Waals surface area (Å²) in [5.74, 6) is 6.30. The molecular weight excluding hydrogens is 1510 g/mol. The van der Waals surface area contributed by atoms with Gasteiger partial charge in [-0.1, -0.05) is 65.7 Å². The van der Waals surface area contributed by atoms with Crippen molar-refractivity contribution < 1.29 is 40.1 Å². The number of aliphatic hydroxyl groups is 6. The number of hydrogen-bond donors (Lipinski definition) is 12. The number of rotatable bonds is 23. The van der Waals surface area contributed by atoms with E-state index in [1.54, 1.807) is 21.4 Å². The molecule has 11 heterocycles. The number of nitrogens with one attached hydrogen (secondary N) is 3. The second kappa shape index (κ2) is 32.3. The minimum absolute atomic E-state index is 0.000720. The number of nitrogens with two attached hydrogens (primary N) is 3. The molecule has 0 amide bonds. The Kier molecular flexibility index (Phi) is 22.0. The molecule has 6 saturated carbocycles. The zero-order valence-electron chi connectivity index (χ0n) is 69.7. The highest BCUT2D eigenvalue weighted by Crippen LogP contribution is 2.47. The van der Waals surface area contributed by atoms with Crippen LogP contribution in [0.2, 0.25) is 0 Å². The van der Waals surface area contributed by atoms with Gasteiger partial charge in [-0.05, 0) is 210 Å². The number of benzene rings is 3. The van der Waals surface area contributed by atoms with Gasteiger partial charge in [-0.3, -0.25) is 4.57 Å². The first-order chi connectivity index (χ1) is 57.2. The molecule has 0 radical (unpaired) electrons. The molecule has 632 valence electrons. The molecule has 6 aliphatic carbocycles. The second-order valence-corrected chi connectivity index (χ2v) is 37.9. The van der Waals surface area contributed by atoms with Gasteiger partial charge in [0.05, 0.1) is 62.3 Å². The van der Waals surface area contributed by atoms with Crippen molar-refractivity contribution in [3.05, 3.63) is 139 Å². The third kappa shape index (κ3) is 15.9. The lowest BCUT2D eigenvalue weighted by Gasteiger charge is -2.42. The van der Waals surface area contributed by atoms with Crippen LogP contribution in [0.3, 0.4) is 0 Å². The van der Waals surface area contributed by atoms with Crippen LogP contribution in [0.1, 0.15) is 190 Å². The van der Waals surface area contributed by atoms with E-state index in [1.807, 2.05) is 16.8 Å². The minimum Gasteiger partial charge on any atom is -0.390 e. The first kappa shape index (κ1) is 80.9. The number of anilines is 3. The Balaban J connectivity index is 0.000000123. The van der Waals surface area contributed by atoms with Gasteiger partial charge in [0.25, 0.3) is 0 Å². The van der Waals surface area contributed by atoms with Crippen molar-refractivity contribution in [3.63, 3.8) is 0 Å². The van der Waals surface area contributed by atoms with Crippen molar-refractivity contribution in [2.75, 3.05) is 58.0 Å². The number of aliphatic hydroxyl groups excluding tert-OH is 6. The van der Waals surface area contributed by atoms with Crippen LogP contribution in [-0.2, 0) is 45.0 Å². The van der Waals surface area contributed by atoms with Gasteiger partial charge in [0.15, 0.2) is 23.9 Å². The Morgan fingerprint density at radius 2 is 0.882 bits per heavy atom. The minimum atomic E-state index is -1.10. The Morgan fingerprint density at radius 3 is 1.34 bits per heavy atom. The summed E-state index contributed by atoms with van der Waals surface area (Å²) in [7, 11) is 6.30. The number of aryl methyl sites for hydroxylation is 3. The predicted octanol–water partition coefficient (Wildman–Crippen LogP) is 9.80. The van der Waals surface area contributed by atoms with E-state index in [0.717, 1.165) is 140 Å². The number of H-pyrrole nitrogens is 3. The number of nitrogens with zero attached hydrogens (tertiary/aromatic N) is 16. The molecule has 12 atom stereocenters. The molecule has 8 fully saturated rings. The number of ether oxygens (including phenoxy) is 2. The van der Waals surface area contributed by atoms with Gasteiger partial charge in [-0.15, -0.1) is 0 Å². The molecule has 3 aromatic carbocycles. The summed E-state index contributed by atoms with van der Waals surface area (Å²) in [4.78, 5) is 61.3. The largest absolute Gasteiger partial charge is 0.390 e. The van der Waals surface area contributed by atoms with E-state index in [0.29, 0.717) is 106 Å². The molecule has 30 nitrogen and oxygen atoms in total. The van der Waals surface area contributed by atoms with Crippen molar-refractivity contribution in [2.45, 2.75) is 258 Å². The van der Waals surface area contributed by atoms with E-state index in [9.17, 15) is 30.6 Å².